The summed E-state index contributed by atoms with van der Waals surface area (Å²) >= 11 is 5.98. The van der Waals surface area contributed by atoms with Crippen LogP contribution in [-0.4, -0.2) is 43.4 Å². The summed E-state index contributed by atoms with van der Waals surface area (Å²) in [6, 6.07) is 14.8. The lowest BCUT2D eigenvalue weighted by molar-refractivity contribution is -0.121. The van der Waals surface area contributed by atoms with Gasteiger partial charge in [-0.15, -0.1) is 5.10 Å². The number of nitrogens with two attached hydrogens (primary N) is 1. The van der Waals surface area contributed by atoms with Crippen molar-refractivity contribution in [2.24, 2.45) is 11.7 Å². The van der Waals surface area contributed by atoms with Crippen LogP contribution in [0.15, 0.2) is 60.9 Å². The van der Waals surface area contributed by atoms with E-state index in [2.05, 4.69) is 25.9 Å². The maximum atomic E-state index is 13.2. The standard InChI is InChI=1S/C30H33ClN8O2/c31-26-15-22(12-13-33-26)37-30(41)24-17-34-29-23(35-20-10-11-20)16-27(38-39(24)29)36-21-8-6-18(7-9-21)14-25(40)28(32)19-4-2-1-3-5-19/h1-5,12-13,15-18,20-21,28,35H,6-11,14,32H2,(H,36,38)(H,33,37,41)/t18?,21?,28-/m1/s1. The number of nitrogens with zero attached hydrogens (tertiary/aromatic N) is 4. The number of rotatable bonds is 10. The van der Waals surface area contributed by atoms with Gasteiger partial charge in [0.2, 0.25) is 0 Å². The van der Waals surface area contributed by atoms with Crippen LogP contribution in [0.3, 0.4) is 0 Å². The number of amides is 1. The quantitative estimate of drug-likeness (QED) is 0.189. The lowest BCUT2D eigenvalue weighted by Gasteiger charge is -2.29. The Balaban J connectivity index is 1.13. The van der Waals surface area contributed by atoms with E-state index in [0.29, 0.717) is 46.4 Å². The summed E-state index contributed by atoms with van der Waals surface area (Å²) < 4.78 is 1.58. The highest BCUT2D eigenvalue weighted by Crippen LogP contribution is 2.32. The van der Waals surface area contributed by atoms with Crippen LogP contribution < -0.4 is 21.7 Å². The smallest absolute Gasteiger partial charge is 0.276 e. The van der Waals surface area contributed by atoms with E-state index in [1.807, 2.05) is 36.4 Å². The molecule has 4 aromatic rings. The molecule has 6 rings (SSSR count). The van der Waals surface area contributed by atoms with Gasteiger partial charge in [0.1, 0.15) is 11.0 Å². The van der Waals surface area contributed by atoms with Gasteiger partial charge >= 0.3 is 0 Å². The summed E-state index contributed by atoms with van der Waals surface area (Å²) in [6.07, 6.45) is 9.49. The van der Waals surface area contributed by atoms with Gasteiger partial charge in [-0.2, -0.15) is 0 Å². The maximum absolute atomic E-state index is 13.2. The average molecular weight is 573 g/mol. The van der Waals surface area contributed by atoms with Crippen molar-refractivity contribution in [3.8, 4) is 0 Å². The van der Waals surface area contributed by atoms with Crippen molar-refractivity contribution in [1.82, 2.24) is 19.6 Å². The molecule has 1 atom stereocenters. The van der Waals surface area contributed by atoms with Gasteiger partial charge in [-0.05, 0) is 62.1 Å². The highest BCUT2D eigenvalue weighted by atomic mass is 35.5. The third-order valence-electron chi connectivity index (χ3n) is 7.82. The SMILES string of the molecule is N[C@@H](C(=O)CC1CCC(Nc2cc(NC3CC3)c3ncc(C(=O)Nc4ccnc(Cl)c4)n3n2)CC1)c1ccccc1. The first kappa shape index (κ1) is 27.2. The summed E-state index contributed by atoms with van der Waals surface area (Å²) in [5, 5.41) is 15.0. The molecule has 2 fully saturated rings. The summed E-state index contributed by atoms with van der Waals surface area (Å²) in [5.74, 6) is 0.741. The molecule has 1 amide bonds. The third kappa shape index (κ3) is 6.49. The number of Topliss-reactive ketones (excluding diaryl/α,β-unsaturated/α-hetero) is 1. The van der Waals surface area contributed by atoms with Gasteiger partial charge in [-0.3, -0.25) is 9.59 Å². The zero-order chi connectivity index (χ0) is 28.3. The van der Waals surface area contributed by atoms with Gasteiger partial charge in [0, 0.05) is 36.5 Å². The highest BCUT2D eigenvalue weighted by Gasteiger charge is 2.27. The molecule has 3 heterocycles. The molecule has 2 aliphatic carbocycles. The number of imidazole rings is 1. The van der Waals surface area contributed by atoms with E-state index < -0.39 is 6.04 Å². The van der Waals surface area contributed by atoms with E-state index in [-0.39, 0.29) is 17.7 Å². The fourth-order valence-electron chi connectivity index (χ4n) is 5.40. The largest absolute Gasteiger partial charge is 0.379 e. The average Bonchev–Trinajstić information content (AvgIpc) is 3.69. The van der Waals surface area contributed by atoms with E-state index in [1.54, 1.807) is 16.6 Å². The normalized spacial score (nSPS) is 19.5. The van der Waals surface area contributed by atoms with Crippen LogP contribution in [0.25, 0.3) is 5.65 Å². The van der Waals surface area contributed by atoms with Crippen LogP contribution in [0, 0.1) is 5.92 Å². The molecule has 41 heavy (non-hydrogen) atoms. The molecule has 2 aliphatic rings. The maximum Gasteiger partial charge on any atom is 0.276 e. The van der Waals surface area contributed by atoms with E-state index in [1.165, 1.54) is 12.4 Å². The predicted molar refractivity (Wildman–Crippen MR) is 159 cm³/mol. The van der Waals surface area contributed by atoms with Gasteiger partial charge in [-0.25, -0.2) is 14.5 Å². The third-order valence-corrected chi connectivity index (χ3v) is 8.02. The first-order chi connectivity index (χ1) is 19.9. The van der Waals surface area contributed by atoms with Crippen molar-refractivity contribution >= 4 is 46.1 Å². The molecular weight excluding hydrogens is 540 g/mol. The van der Waals surface area contributed by atoms with Gasteiger partial charge in [-0.1, -0.05) is 41.9 Å². The van der Waals surface area contributed by atoms with Crippen LogP contribution in [0.1, 0.15) is 67.0 Å². The zero-order valence-electron chi connectivity index (χ0n) is 22.6. The molecule has 0 saturated heterocycles. The number of carbonyl (C=O) groups is 2. The van der Waals surface area contributed by atoms with E-state index in [9.17, 15) is 9.59 Å². The van der Waals surface area contributed by atoms with Crippen LogP contribution in [0.4, 0.5) is 17.2 Å². The monoisotopic (exact) mass is 572 g/mol. The van der Waals surface area contributed by atoms with Gasteiger partial charge in [0.25, 0.3) is 5.91 Å². The molecule has 0 unspecified atom stereocenters. The van der Waals surface area contributed by atoms with Gasteiger partial charge in [0.15, 0.2) is 17.1 Å². The van der Waals surface area contributed by atoms with Crippen LogP contribution in [0.5, 0.6) is 0 Å². The Kier molecular flexibility index (Phi) is 7.84. The van der Waals surface area contributed by atoms with Crippen molar-refractivity contribution in [3.05, 3.63) is 77.3 Å². The molecule has 1 aromatic carbocycles. The van der Waals surface area contributed by atoms with Gasteiger partial charge in [0.05, 0.1) is 17.9 Å². The first-order valence-electron chi connectivity index (χ1n) is 14.1. The molecule has 10 nitrogen and oxygen atoms in total. The molecular formula is C30H33ClN8O2. The molecule has 0 aliphatic heterocycles. The molecule has 212 valence electrons. The number of aromatic nitrogens is 4. The molecule has 5 N–H and O–H groups in total. The summed E-state index contributed by atoms with van der Waals surface area (Å²) in [5.41, 5.74) is 9.38. The Morgan fingerprint density at radius 2 is 1.71 bits per heavy atom. The summed E-state index contributed by atoms with van der Waals surface area (Å²) in [7, 11) is 0. The predicted octanol–water partition coefficient (Wildman–Crippen LogP) is 5.23. The Hall–Kier alpha value is -4.02. The number of nitrogens with one attached hydrogen (secondary N) is 3. The second kappa shape index (κ2) is 11.8. The summed E-state index contributed by atoms with van der Waals surface area (Å²) in [4.78, 5) is 34.4. The number of hydrogen-bond acceptors (Lipinski definition) is 8. The minimum atomic E-state index is -0.572. The second-order valence-corrected chi connectivity index (χ2v) is 11.4. The molecule has 3 aromatic heterocycles. The number of fused-ring (bicyclic) bond motifs is 1. The fraction of sp³-hybridized carbons (Fsp3) is 0.367. The molecule has 2 saturated carbocycles. The van der Waals surface area contributed by atoms with Gasteiger partial charge < -0.3 is 21.7 Å². The number of hydrogen-bond donors (Lipinski definition) is 4. The Morgan fingerprint density at radius 1 is 0.976 bits per heavy atom. The number of ketones is 1. The molecule has 11 heteroatoms. The van der Waals surface area contributed by atoms with Crippen molar-refractivity contribution < 1.29 is 9.59 Å². The van der Waals surface area contributed by atoms with E-state index in [4.69, 9.17) is 22.4 Å². The van der Waals surface area contributed by atoms with Crippen LogP contribution in [-0.2, 0) is 4.79 Å². The Labute approximate surface area is 243 Å². The van der Waals surface area contributed by atoms with Crippen LogP contribution in [0.2, 0.25) is 5.15 Å². The highest BCUT2D eigenvalue weighted by molar-refractivity contribution is 6.29. The fourth-order valence-corrected chi connectivity index (χ4v) is 5.57. The topological polar surface area (TPSA) is 139 Å². The van der Waals surface area contributed by atoms with Crippen molar-refractivity contribution in [2.75, 3.05) is 16.0 Å². The number of halogens is 1. The Bertz CT molecular complexity index is 1550. The number of anilines is 3. The molecule has 0 spiro atoms. The van der Waals surface area contributed by atoms with Crippen molar-refractivity contribution in [3.63, 3.8) is 0 Å². The van der Waals surface area contributed by atoms with Crippen molar-refractivity contribution in [2.45, 2.75) is 63.1 Å². The number of benzene rings is 1. The van der Waals surface area contributed by atoms with E-state index in [0.717, 1.165) is 49.8 Å². The Morgan fingerprint density at radius 3 is 2.44 bits per heavy atom. The number of pyridine rings is 1. The lowest BCUT2D eigenvalue weighted by Crippen LogP contribution is -2.30. The first-order valence-corrected chi connectivity index (χ1v) is 14.5. The minimum absolute atomic E-state index is 0.0930. The number of carbonyl (C=O) groups excluding carboxylic acids is 2. The zero-order valence-corrected chi connectivity index (χ0v) is 23.3. The second-order valence-electron chi connectivity index (χ2n) is 11.0. The molecule has 0 bridgehead atoms. The summed E-state index contributed by atoms with van der Waals surface area (Å²) in [6.45, 7) is 0. The van der Waals surface area contributed by atoms with E-state index >= 15 is 0 Å². The molecule has 0 radical (unpaired) electrons. The van der Waals surface area contributed by atoms with Crippen molar-refractivity contribution in [1.29, 1.82) is 0 Å². The minimum Gasteiger partial charge on any atom is -0.379 e. The lowest BCUT2D eigenvalue weighted by atomic mass is 9.82. The van der Waals surface area contributed by atoms with Crippen LogP contribution >= 0.6 is 11.6 Å².